The van der Waals surface area contributed by atoms with Crippen molar-refractivity contribution in [3.8, 4) is 5.75 Å². The summed E-state index contributed by atoms with van der Waals surface area (Å²) in [4.78, 5) is 1.72. The van der Waals surface area contributed by atoms with Gasteiger partial charge in [-0.05, 0) is 49.9 Å². The van der Waals surface area contributed by atoms with E-state index in [2.05, 4.69) is 0 Å². The first-order valence-corrected chi connectivity index (χ1v) is 8.00. The predicted molar refractivity (Wildman–Crippen MR) is 84.1 cm³/mol. The second-order valence-corrected chi connectivity index (χ2v) is 6.62. The quantitative estimate of drug-likeness (QED) is 0.859. The van der Waals surface area contributed by atoms with Crippen molar-refractivity contribution in [1.29, 1.82) is 0 Å². The standard InChI is InChI=1S/C17H24F3NO3/c1-12-7-13(2)9-15(8-12)24-11-14(22)10-21-5-3-16(23,4-6-21)17(18,19)20/h7-9,14,22-23H,3-6,10-11H2,1-2H3. The molecule has 24 heavy (non-hydrogen) atoms. The minimum Gasteiger partial charge on any atom is -0.491 e. The summed E-state index contributed by atoms with van der Waals surface area (Å²) in [5.41, 5.74) is -0.492. The SMILES string of the molecule is Cc1cc(C)cc(OCC(O)CN2CCC(O)(C(F)(F)F)CC2)c1. The molecule has 0 aromatic heterocycles. The van der Waals surface area contributed by atoms with Crippen LogP contribution in [0.1, 0.15) is 24.0 Å². The van der Waals surface area contributed by atoms with Gasteiger partial charge >= 0.3 is 6.18 Å². The molecule has 4 nitrogen and oxygen atoms in total. The number of hydrogen-bond donors (Lipinski definition) is 2. The Morgan fingerprint density at radius 2 is 1.71 bits per heavy atom. The average Bonchev–Trinajstić information content (AvgIpc) is 2.46. The maximum atomic E-state index is 12.8. The topological polar surface area (TPSA) is 52.9 Å². The zero-order chi connectivity index (χ0) is 18.0. The fraction of sp³-hybridized carbons (Fsp3) is 0.647. The number of ether oxygens (including phenoxy) is 1. The predicted octanol–water partition coefficient (Wildman–Crippen LogP) is 2.43. The van der Waals surface area contributed by atoms with Gasteiger partial charge in [0, 0.05) is 19.6 Å². The number of rotatable bonds is 5. The summed E-state index contributed by atoms with van der Waals surface area (Å²) < 4.78 is 43.8. The lowest BCUT2D eigenvalue weighted by Crippen LogP contribution is -2.54. The lowest BCUT2D eigenvalue weighted by Gasteiger charge is -2.39. The van der Waals surface area contributed by atoms with Gasteiger partial charge in [-0.3, -0.25) is 0 Å². The van der Waals surface area contributed by atoms with Gasteiger partial charge in [-0.2, -0.15) is 13.2 Å². The van der Waals surface area contributed by atoms with Crippen LogP contribution >= 0.6 is 0 Å². The van der Waals surface area contributed by atoms with E-state index >= 15 is 0 Å². The molecule has 1 saturated heterocycles. The van der Waals surface area contributed by atoms with Crippen molar-refractivity contribution in [3.63, 3.8) is 0 Å². The van der Waals surface area contributed by atoms with Crippen LogP contribution in [0.15, 0.2) is 18.2 Å². The number of β-amino-alcohol motifs (C(OH)–C–C–N with tert-alkyl or cyclic N) is 1. The van der Waals surface area contributed by atoms with Crippen LogP contribution in [0.3, 0.4) is 0 Å². The van der Waals surface area contributed by atoms with E-state index in [9.17, 15) is 23.4 Å². The Bertz CT molecular complexity index is 534. The third-order valence-electron chi connectivity index (χ3n) is 4.32. The molecule has 1 atom stereocenters. The Morgan fingerprint density at radius 3 is 2.21 bits per heavy atom. The molecular weight excluding hydrogens is 323 g/mol. The number of aliphatic hydroxyl groups excluding tert-OH is 1. The molecule has 1 heterocycles. The van der Waals surface area contributed by atoms with Crippen LogP contribution in [0.5, 0.6) is 5.75 Å². The molecule has 1 unspecified atom stereocenters. The van der Waals surface area contributed by atoms with Gasteiger partial charge in [0.2, 0.25) is 0 Å². The van der Waals surface area contributed by atoms with E-state index in [4.69, 9.17) is 4.74 Å². The number of benzene rings is 1. The Morgan fingerprint density at radius 1 is 1.17 bits per heavy atom. The van der Waals surface area contributed by atoms with Gasteiger partial charge in [0.25, 0.3) is 0 Å². The first kappa shape index (κ1) is 19.0. The number of nitrogens with zero attached hydrogens (tertiary/aromatic N) is 1. The maximum absolute atomic E-state index is 12.8. The highest BCUT2D eigenvalue weighted by molar-refractivity contribution is 5.32. The van der Waals surface area contributed by atoms with Gasteiger partial charge in [0.15, 0.2) is 5.60 Å². The molecule has 0 spiro atoms. The molecule has 1 fully saturated rings. The molecule has 7 heteroatoms. The number of aliphatic hydroxyl groups is 2. The zero-order valence-electron chi connectivity index (χ0n) is 13.9. The van der Waals surface area contributed by atoms with Crippen LogP contribution in [-0.2, 0) is 0 Å². The summed E-state index contributed by atoms with van der Waals surface area (Å²) in [6.45, 7) is 4.38. The Balaban J connectivity index is 1.78. The number of alkyl halides is 3. The highest BCUT2D eigenvalue weighted by atomic mass is 19.4. The lowest BCUT2D eigenvalue weighted by molar-refractivity contribution is -0.273. The van der Waals surface area contributed by atoms with Crippen molar-refractivity contribution in [1.82, 2.24) is 4.90 Å². The molecule has 0 aliphatic carbocycles. The number of hydrogen-bond acceptors (Lipinski definition) is 4. The summed E-state index contributed by atoms with van der Waals surface area (Å²) >= 11 is 0. The maximum Gasteiger partial charge on any atom is 0.417 e. The van der Waals surface area contributed by atoms with E-state index in [0.29, 0.717) is 5.75 Å². The number of piperidine rings is 1. The van der Waals surface area contributed by atoms with Gasteiger partial charge in [-0.15, -0.1) is 0 Å². The van der Waals surface area contributed by atoms with Crippen LogP contribution < -0.4 is 4.74 Å². The van der Waals surface area contributed by atoms with Gasteiger partial charge in [0.1, 0.15) is 18.5 Å². The minimum atomic E-state index is -4.61. The molecule has 1 aliphatic heterocycles. The van der Waals surface area contributed by atoms with Crippen LogP contribution in [0.2, 0.25) is 0 Å². The smallest absolute Gasteiger partial charge is 0.417 e. The Kier molecular flexibility index (Phi) is 5.78. The molecule has 0 bridgehead atoms. The van der Waals surface area contributed by atoms with Gasteiger partial charge < -0.3 is 19.8 Å². The largest absolute Gasteiger partial charge is 0.491 e. The van der Waals surface area contributed by atoms with E-state index in [1.807, 2.05) is 32.0 Å². The summed E-state index contributed by atoms with van der Waals surface area (Å²) in [7, 11) is 0. The van der Waals surface area contributed by atoms with Crippen molar-refractivity contribution in [2.24, 2.45) is 0 Å². The van der Waals surface area contributed by atoms with Crippen molar-refractivity contribution in [3.05, 3.63) is 29.3 Å². The van der Waals surface area contributed by atoms with Crippen molar-refractivity contribution >= 4 is 0 Å². The monoisotopic (exact) mass is 347 g/mol. The Hall–Kier alpha value is -1.31. The molecule has 0 amide bonds. The summed E-state index contributed by atoms with van der Waals surface area (Å²) in [5.74, 6) is 0.664. The molecular formula is C17H24F3NO3. The summed E-state index contributed by atoms with van der Waals surface area (Å²) in [5, 5.41) is 19.7. The average molecular weight is 347 g/mol. The van der Waals surface area contributed by atoms with Crippen LogP contribution in [0.25, 0.3) is 0 Å². The lowest BCUT2D eigenvalue weighted by atomic mass is 9.90. The van der Waals surface area contributed by atoms with E-state index < -0.39 is 17.9 Å². The fourth-order valence-electron chi connectivity index (χ4n) is 2.95. The minimum absolute atomic E-state index is 0.0724. The first-order chi connectivity index (χ1) is 11.1. The number of halogens is 3. The van der Waals surface area contributed by atoms with E-state index in [1.54, 1.807) is 4.90 Å². The second-order valence-electron chi connectivity index (χ2n) is 6.62. The molecule has 1 aromatic carbocycles. The summed E-state index contributed by atoms with van der Waals surface area (Å²) in [6.07, 6.45) is -6.16. The molecule has 136 valence electrons. The van der Waals surface area contributed by atoms with Crippen LogP contribution in [0.4, 0.5) is 13.2 Å². The third-order valence-corrected chi connectivity index (χ3v) is 4.32. The molecule has 2 rings (SSSR count). The Labute approximate surface area is 139 Å². The van der Waals surface area contributed by atoms with Gasteiger partial charge in [-0.1, -0.05) is 6.07 Å². The van der Waals surface area contributed by atoms with Gasteiger partial charge in [-0.25, -0.2) is 0 Å². The van der Waals surface area contributed by atoms with Gasteiger partial charge in [0.05, 0.1) is 0 Å². The molecule has 0 saturated carbocycles. The zero-order valence-corrected chi connectivity index (χ0v) is 13.9. The number of aryl methyl sites for hydroxylation is 2. The first-order valence-electron chi connectivity index (χ1n) is 8.00. The van der Waals surface area contributed by atoms with E-state index in [0.717, 1.165) is 11.1 Å². The normalized spacial score (nSPS) is 20.0. The fourth-order valence-corrected chi connectivity index (χ4v) is 2.95. The molecule has 1 aromatic rings. The van der Waals surface area contributed by atoms with Crippen LogP contribution in [0, 0.1) is 13.8 Å². The van der Waals surface area contributed by atoms with Crippen molar-refractivity contribution in [2.45, 2.75) is 44.6 Å². The molecule has 2 N–H and O–H groups in total. The third kappa shape index (κ3) is 4.84. The van der Waals surface area contributed by atoms with Crippen molar-refractivity contribution in [2.75, 3.05) is 26.2 Å². The number of likely N-dealkylation sites (tertiary alicyclic amines) is 1. The molecule has 1 aliphatic rings. The van der Waals surface area contributed by atoms with Crippen molar-refractivity contribution < 1.29 is 28.1 Å². The molecule has 0 radical (unpaired) electrons. The summed E-state index contributed by atoms with van der Waals surface area (Å²) in [6, 6.07) is 5.74. The second kappa shape index (κ2) is 7.29. The van der Waals surface area contributed by atoms with Crippen LogP contribution in [-0.4, -0.2) is 59.2 Å². The van der Waals surface area contributed by atoms with E-state index in [-0.39, 0.29) is 39.1 Å². The highest BCUT2D eigenvalue weighted by Gasteiger charge is 2.54. The highest BCUT2D eigenvalue weighted by Crippen LogP contribution is 2.38. The van der Waals surface area contributed by atoms with E-state index in [1.165, 1.54) is 0 Å².